The highest BCUT2D eigenvalue weighted by molar-refractivity contribution is 5.94. The van der Waals surface area contributed by atoms with E-state index in [-0.39, 0.29) is 11.8 Å². The molecule has 24 heavy (non-hydrogen) atoms. The number of carbonyl (C=O) groups excluding carboxylic acids is 1. The van der Waals surface area contributed by atoms with Gasteiger partial charge in [-0.05, 0) is 50.8 Å². The van der Waals surface area contributed by atoms with Gasteiger partial charge in [0.15, 0.2) is 0 Å². The Bertz CT molecular complexity index is 705. The quantitative estimate of drug-likeness (QED) is 0.626. The van der Waals surface area contributed by atoms with Crippen LogP contribution in [0.15, 0.2) is 49.2 Å². The summed E-state index contributed by atoms with van der Waals surface area (Å²) >= 11 is 0. The maximum atomic E-state index is 12.5. The largest absolute Gasteiger partial charge is 0.324 e. The second-order valence-corrected chi connectivity index (χ2v) is 6.49. The summed E-state index contributed by atoms with van der Waals surface area (Å²) in [4.78, 5) is 16.9. The van der Waals surface area contributed by atoms with Gasteiger partial charge in [-0.3, -0.25) is 9.78 Å². The molecule has 126 valence electrons. The van der Waals surface area contributed by atoms with Crippen molar-refractivity contribution in [2.45, 2.75) is 38.1 Å². The number of nitrogens with zero attached hydrogens (tertiary/aromatic N) is 1. The van der Waals surface area contributed by atoms with Gasteiger partial charge in [-0.2, -0.15) is 0 Å². The molecule has 0 aliphatic heterocycles. The average molecular weight is 323 g/mol. The molecule has 2 aromatic rings. The predicted octanol–water partition coefficient (Wildman–Crippen LogP) is 3.90. The molecule has 1 amide bonds. The Labute approximate surface area is 143 Å². The van der Waals surface area contributed by atoms with Crippen molar-refractivity contribution in [2.75, 3.05) is 11.9 Å². The topological polar surface area (TPSA) is 54.0 Å². The van der Waals surface area contributed by atoms with Gasteiger partial charge in [0.2, 0.25) is 5.91 Å². The van der Waals surface area contributed by atoms with E-state index in [0.29, 0.717) is 6.04 Å². The first kappa shape index (κ1) is 16.7. The molecule has 0 atom stereocenters. The molecule has 3 rings (SSSR count). The van der Waals surface area contributed by atoms with E-state index in [1.807, 2.05) is 36.4 Å². The first-order chi connectivity index (χ1) is 11.8. The van der Waals surface area contributed by atoms with Crippen LogP contribution in [0, 0.1) is 5.92 Å². The number of benzene rings is 1. The molecule has 0 saturated heterocycles. The van der Waals surface area contributed by atoms with Crippen molar-refractivity contribution in [2.24, 2.45) is 5.92 Å². The van der Waals surface area contributed by atoms with Crippen LogP contribution in [0.25, 0.3) is 10.9 Å². The molecule has 1 aromatic carbocycles. The average Bonchev–Trinajstić information content (AvgIpc) is 2.62. The number of rotatable bonds is 6. The Balaban J connectivity index is 1.52. The van der Waals surface area contributed by atoms with Crippen molar-refractivity contribution in [3.8, 4) is 0 Å². The number of para-hydroxylation sites is 1. The molecule has 1 aromatic heterocycles. The Morgan fingerprint density at radius 3 is 2.83 bits per heavy atom. The van der Waals surface area contributed by atoms with E-state index < -0.39 is 0 Å². The number of amides is 1. The molecule has 1 fully saturated rings. The van der Waals surface area contributed by atoms with E-state index in [1.54, 1.807) is 6.20 Å². The number of pyridine rings is 1. The maximum Gasteiger partial charge on any atom is 0.227 e. The molecular weight excluding hydrogens is 298 g/mol. The monoisotopic (exact) mass is 323 g/mol. The molecule has 0 spiro atoms. The fourth-order valence-corrected chi connectivity index (χ4v) is 3.33. The summed E-state index contributed by atoms with van der Waals surface area (Å²) in [5.41, 5.74) is 1.73. The molecule has 1 heterocycles. The van der Waals surface area contributed by atoms with Gasteiger partial charge in [-0.15, -0.1) is 6.58 Å². The third-order valence-corrected chi connectivity index (χ3v) is 4.74. The fourth-order valence-electron chi connectivity index (χ4n) is 3.33. The summed E-state index contributed by atoms with van der Waals surface area (Å²) in [5.74, 6) is 0.227. The summed E-state index contributed by atoms with van der Waals surface area (Å²) in [5, 5.41) is 7.62. The van der Waals surface area contributed by atoms with Crippen molar-refractivity contribution in [1.82, 2.24) is 10.3 Å². The molecule has 1 saturated carbocycles. The molecule has 0 unspecified atom stereocenters. The van der Waals surface area contributed by atoms with Gasteiger partial charge in [0, 0.05) is 17.3 Å². The van der Waals surface area contributed by atoms with Gasteiger partial charge in [0.05, 0.1) is 17.4 Å². The predicted molar refractivity (Wildman–Crippen MR) is 98.9 cm³/mol. The van der Waals surface area contributed by atoms with Crippen LogP contribution in [-0.4, -0.2) is 23.5 Å². The van der Waals surface area contributed by atoms with Crippen LogP contribution >= 0.6 is 0 Å². The van der Waals surface area contributed by atoms with E-state index in [0.717, 1.165) is 55.2 Å². The van der Waals surface area contributed by atoms with E-state index in [4.69, 9.17) is 0 Å². The molecule has 1 aliphatic carbocycles. The number of fused-ring (bicyclic) bond motifs is 1. The SMILES string of the molecule is C=CCCNC1CCC(C(=O)Nc2cnc3ccccc3c2)CC1. The zero-order valence-corrected chi connectivity index (χ0v) is 14.0. The summed E-state index contributed by atoms with van der Waals surface area (Å²) in [6.45, 7) is 4.72. The molecule has 4 nitrogen and oxygen atoms in total. The zero-order valence-electron chi connectivity index (χ0n) is 14.0. The second kappa shape index (κ2) is 8.06. The van der Waals surface area contributed by atoms with Crippen LogP contribution in [0.4, 0.5) is 5.69 Å². The fraction of sp³-hybridized carbons (Fsp3) is 0.400. The number of carbonyl (C=O) groups is 1. The van der Waals surface area contributed by atoms with Crippen LogP contribution in [0.1, 0.15) is 32.1 Å². The molecule has 4 heteroatoms. The molecule has 0 bridgehead atoms. The highest BCUT2D eigenvalue weighted by atomic mass is 16.1. The van der Waals surface area contributed by atoms with E-state index in [1.165, 1.54) is 0 Å². The minimum absolute atomic E-state index is 0.105. The minimum Gasteiger partial charge on any atom is -0.324 e. The summed E-state index contributed by atoms with van der Waals surface area (Å²) in [7, 11) is 0. The lowest BCUT2D eigenvalue weighted by Gasteiger charge is -2.28. The second-order valence-electron chi connectivity index (χ2n) is 6.49. The van der Waals surface area contributed by atoms with Crippen LogP contribution in [-0.2, 0) is 4.79 Å². The normalized spacial score (nSPS) is 20.7. The molecule has 0 radical (unpaired) electrons. The van der Waals surface area contributed by atoms with Gasteiger partial charge in [-0.25, -0.2) is 0 Å². The molecule has 2 N–H and O–H groups in total. The summed E-state index contributed by atoms with van der Waals surface area (Å²) in [6, 6.07) is 10.5. The highest BCUT2D eigenvalue weighted by Gasteiger charge is 2.26. The van der Waals surface area contributed by atoms with Gasteiger partial charge in [0.25, 0.3) is 0 Å². The van der Waals surface area contributed by atoms with E-state index in [9.17, 15) is 4.79 Å². The van der Waals surface area contributed by atoms with Crippen molar-refractivity contribution < 1.29 is 4.79 Å². The first-order valence-corrected chi connectivity index (χ1v) is 8.76. The van der Waals surface area contributed by atoms with E-state index in [2.05, 4.69) is 22.2 Å². The Kier molecular flexibility index (Phi) is 5.59. The number of nitrogens with one attached hydrogen (secondary N) is 2. The Morgan fingerprint density at radius 1 is 1.25 bits per heavy atom. The van der Waals surface area contributed by atoms with Crippen molar-refractivity contribution in [1.29, 1.82) is 0 Å². The van der Waals surface area contributed by atoms with Crippen LogP contribution < -0.4 is 10.6 Å². The number of anilines is 1. The lowest BCUT2D eigenvalue weighted by Crippen LogP contribution is -2.36. The number of hydrogen-bond donors (Lipinski definition) is 2. The summed E-state index contributed by atoms with van der Waals surface area (Å²) in [6.07, 6.45) is 8.68. The minimum atomic E-state index is 0.105. The van der Waals surface area contributed by atoms with Gasteiger partial charge < -0.3 is 10.6 Å². The Hall–Kier alpha value is -2.20. The third-order valence-electron chi connectivity index (χ3n) is 4.74. The number of aromatic nitrogens is 1. The summed E-state index contributed by atoms with van der Waals surface area (Å²) < 4.78 is 0. The van der Waals surface area contributed by atoms with Crippen molar-refractivity contribution in [3.63, 3.8) is 0 Å². The van der Waals surface area contributed by atoms with Gasteiger partial charge >= 0.3 is 0 Å². The van der Waals surface area contributed by atoms with Crippen molar-refractivity contribution in [3.05, 3.63) is 49.2 Å². The smallest absolute Gasteiger partial charge is 0.227 e. The van der Waals surface area contributed by atoms with E-state index >= 15 is 0 Å². The van der Waals surface area contributed by atoms with Crippen LogP contribution in [0.5, 0.6) is 0 Å². The number of hydrogen-bond acceptors (Lipinski definition) is 3. The van der Waals surface area contributed by atoms with Gasteiger partial charge in [0.1, 0.15) is 0 Å². The third kappa shape index (κ3) is 4.20. The lowest BCUT2D eigenvalue weighted by atomic mass is 9.85. The standard InChI is InChI=1S/C20H25N3O/c1-2-3-12-21-17-10-8-15(9-11-17)20(24)23-18-13-16-6-4-5-7-19(16)22-14-18/h2,4-7,13-15,17,21H,1,3,8-12H2,(H,23,24). The maximum absolute atomic E-state index is 12.5. The molecule has 1 aliphatic rings. The van der Waals surface area contributed by atoms with Crippen molar-refractivity contribution >= 4 is 22.5 Å². The zero-order chi connectivity index (χ0) is 16.8. The van der Waals surface area contributed by atoms with Gasteiger partial charge in [-0.1, -0.05) is 24.3 Å². The van der Waals surface area contributed by atoms with Crippen LogP contribution in [0.2, 0.25) is 0 Å². The first-order valence-electron chi connectivity index (χ1n) is 8.76. The highest BCUT2D eigenvalue weighted by Crippen LogP contribution is 2.26. The lowest BCUT2D eigenvalue weighted by molar-refractivity contribution is -0.120. The van der Waals surface area contributed by atoms with Crippen LogP contribution in [0.3, 0.4) is 0 Å². The Morgan fingerprint density at radius 2 is 2.04 bits per heavy atom. The molecular formula is C20H25N3O.